The minimum absolute atomic E-state index is 0.0636. The standard InChI is InChI=1S/C35H44N4O6/c1-9-21-19(5)33(44)38-27(21)15-25-17(3)23(11-13-29(40)41)31(36-25)35(7,8)32-24(12-14-30(42)43)18(4)26(37-32)16-28-22(10-2)20(6)34(45)39-28/h15-16,36-37H,9-14H2,1-8H3,(H,38,44)(H,39,45)(H,40,41)(H,42,43)/b27-15-,28-16-. The lowest BCUT2D eigenvalue weighted by Gasteiger charge is -2.27. The Morgan fingerprint density at radius 3 is 1.36 bits per heavy atom. The SMILES string of the molecule is CCC1=C(C)C(=O)N/C1=C\c1[nH]c(C(C)(C)c2[nH]c(/C=C3\NC(=O)C(C)=C3CC)c(C)c2CCC(=O)O)c(CCC(=O)O)c1C. The first-order chi connectivity index (χ1) is 21.1. The summed E-state index contributed by atoms with van der Waals surface area (Å²) >= 11 is 0. The number of nitrogens with one attached hydrogen (secondary N) is 4. The number of carboxylic acid groups (broad SMARTS) is 2. The van der Waals surface area contributed by atoms with E-state index in [1.807, 2.05) is 53.7 Å². The van der Waals surface area contributed by atoms with Gasteiger partial charge < -0.3 is 30.8 Å². The summed E-state index contributed by atoms with van der Waals surface area (Å²) in [6.45, 7) is 15.6. The molecule has 2 aliphatic rings. The molecular weight excluding hydrogens is 572 g/mol. The van der Waals surface area contributed by atoms with Crippen molar-refractivity contribution >= 4 is 35.9 Å². The first-order valence-electron chi connectivity index (χ1n) is 15.5. The van der Waals surface area contributed by atoms with E-state index in [-0.39, 0.29) is 24.7 Å². The van der Waals surface area contributed by atoms with Gasteiger partial charge in [0.25, 0.3) is 11.8 Å². The summed E-state index contributed by atoms with van der Waals surface area (Å²) in [5.74, 6) is -2.07. The van der Waals surface area contributed by atoms with Crippen LogP contribution in [0.1, 0.15) is 112 Å². The van der Waals surface area contributed by atoms with Crippen LogP contribution < -0.4 is 10.6 Å². The molecule has 240 valence electrons. The van der Waals surface area contributed by atoms with Crippen LogP contribution in [-0.4, -0.2) is 43.9 Å². The van der Waals surface area contributed by atoms with E-state index < -0.39 is 17.4 Å². The monoisotopic (exact) mass is 616 g/mol. The maximum atomic E-state index is 12.4. The summed E-state index contributed by atoms with van der Waals surface area (Å²) in [5, 5.41) is 25.1. The van der Waals surface area contributed by atoms with Crippen LogP contribution in [-0.2, 0) is 37.4 Å². The highest BCUT2D eigenvalue weighted by Gasteiger charge is 2.35. The zero-order valence-corrected chi connectivity index (χ0v) is 27.4. The van der Waals surface area contributed by atoms with Crippen molar-refractivity contribution in [2.75, 3.05) is 0 Å². The molecule has 0 aromatic carbocycles. The molecule has 10 nitrogen and oxygen atoms in total. The molecule has 2 aromatic heterocycles. The molecule has 2 amide bonds. The smallest absolute Gasteiger partial charge is 0.303 e. The van der Waals surface area contributed by atoms with E-state index in [1.165, 1.54) is 0 Å². The van der Waals surface area contributed by atoms with E-state index in [1.54, 1.807) is 13.8 Å². The molecule has 0 bridgehead atoms. The summed E-state index contributed by atoms with van der Waals surface area (Å²) in [4.78, 5) is 55.4. The highest BCUT2D eigenvalue weighted by molar-refractivity contribution is 6.01. The maximum absolute atomic E-state index is 12.4. The molecule has 6 N–H and O–H groups in total. The number of carbonyl (C=O) groups is 4. The largest absolute Gasteiger partial charge is 0.481 e. The second-order valence-corrected chi connectivity index (χ2v) is 12.4. The van der Waals surface area contributed by atoms with Crippen molar-refractivity contribution in [1.82, 2.24) is 20.6 Å². The van der Waals surface area contributed by atoms with Gasteiger partial charge in [-0.2, -0.15) is 0 Å². The van der Waals surface area contributed by atoms with Gasteiger partial charge in [-0.05, 0) is 113 Å². The lowest BCUT2D eigenvalue weighted by molar-refractivity contribution is -0.138. The normalized spacial score (nSPS) is 17.2. The van der Waals surface area contributed by atoms with E-state index >= 15 is 0 Å². The summed E-state index contributed by atoms with van der Waals surface area (Å²) < 4.78 is 0. The lowest BCUT2D eigenvalue weighted by atomic mass is 9.79. The van der Waals surface area contributed by atoms with Crippen LogP contribution in [0.25, 0.3) is 12.2 Å². The quantitative estimate of drug-likeness (QED) is 0.179. The van der Waals surface area contributed by atoms with Gasteiger partial charge in [-0.3, -0.25) is 19.2 Å². The molecule has 0 saturated carbocycles. The molecule has 0 aliphatic carbocycles. The molecule has 10 heteroatoms. The Balaban J connectivity index is 1.91. The van der Waals surface area contributed by atoms with E-state index in [0.29, 0.717) is 36.8 Å². The second kappa shape index (κ2) is 12.8. The van der Waals surface area contributed by atoms with E-state index in [2.05, 4.69) is 20.6 Å². The molecule has 0 fully saturated rings. The van der Waals surface area contributed by atoms with Gasteiger partial charge in [0, 0.05) is 63.6 Å². The van der Waals surface area contributed by atoms with Crippen LogP contribution in [0.15, 0.2) is 33.7 Å². The zero-order valence-electron chi connectivity index (χ0n) is 27.4. The Labute approximate surface area is 263 Å². The lowest BCUT2D eigenvalue weighted by Crippen LogP contribution is -2.24. The van der Waals surface area contributed by atoms with Crippen LogP contribution >= 0.6 is 0 Å². The Kier molecular flexibility index (Phi) is 9.46. The Hall–Kier alpha value is -4.60. The van der Waals surface area contributed by atoms with E-state index in [4.69, 9.17) is 0 Å². The molecule has 4 heterocycles. The topological polar surface area (TPSA) is 164 Å². The van der Waals surface area contributed by atoms with Gasteiger partial charge in [-0.25, -0.2) is 0 Å². The summed E-state index contributed by atoms with van der Waals surface area (Å²) in [6.07, 6.45) is 5.65. The maximum Gasteiger partial charge on any atom is 0.303 e. The van der Waals surface area contributed by atoms with Crippen LogP contribution in [0.2, 0.25) is 0 Å². The number of hydrogen-bond acceptors (Lipinski definition) is 4. The number of hydrogen-bond donors (Lipinski definition) is 6. The molecule has 4 rings (SSSR count). The average Bonchev–Trinajstić information content (AvgIpc) is 3.64. The number of aromatic nitrogens is 2. The van der Waals surface area contributed by atoms with Gasteiger partial charge >= 0.3 is 11.9 Å². The van der Waals surface area contributed by atoms with Crippen molar-refractivity contribution in [2.24, 2.45) is 0 Å². The van der Waals surface area contributed by atoms with Gasteiger partial charge in [-0.15, -0.1) is 0 Å². The predicted molar refractivity (Wildman–Crippen MR) is 173 cm³/mol. The van der Waals surface area contributed by atoms with Gasteiger partial charge in [0.1, 0.15) is 0 Å². The molecule has 2 aliphatic heterocycles. The van der Waals surface area contributed by atoms with Gasteiger partial charge in [0.05, 0.1) is 0 Å². The molecule has 0 spiro atoms. The second-order valence-electron chi connectivity index (χ2n) is 12.4. The van der Waals surface area contributed by atoms with Crippen molar-refractivity contribution in [3.8, 4) is 0 Å². The summed E-state index contributed by atoms with van der Waals surface area (Å²) in [6, 6.07) is 0. The molecule has 0 saturated heterocycles. The van der Waals surface area contributed by atoms with Gasteiger partial charge in [0.2, 0.25) is 0 Å². The predicted octanol–water partition coefficient (Wildman–Crippen LogP) is 5.71. The third-order valence-corrected chi connectivity index (χ3v) is 9.28. The van der Waals surface area contributed by atoms with Crippen molar-refractivity contribution in [3.63, 3.8) is 0 Å². The molecule has 0 unspecified atom stereocenters. The average molecular weight is 617 g/mol. The van der Waals surface area contributed by atoms with Crippen LogP contribution in [0.4, 0.5) is 0 Å². The number of amides is 2. The van der Waals surface area contributed by atoms with Crippen molar-refractivity contribution in [1.29, 1.82) is 0 Å². The van der Waals surface area contributed by atoms with E-state index in [0.717, 1.165) is 67.6 Å². The minimum Gasteiger partial charge on any atom is -0.481 e. The fourth-order valence-corrected chi connectivity index (χ4v) is 6.58. The van der Waals surface area contributed by atoms with Gasteiger partial charge in [-0.1, -0.05) is 13.8 Å². The zero-order chi connectivity index (χ0) is 33.4. The number of carboxylic acids is 2. The number of aliphatic carboxylic acids is 2. The first kappa shape index (κ1) is 33.3. The fraction of sp³-hybridized carbons (Fsp3) is 0.429. The fourth-order valence-electron chi connectivity index (χ4n) is 6.58. The van der Waals surface area contributed by atoms with Crippen molar-refractivity contribution in [3.05, 3.63) is 78.7 Å². The molecule has 2 aromatic rings. The highest BCUT2D eigenvalue weighted by atomic mass is 16.4. The first-order valence-corrected chi connectivity index (χ1v) is 15.5. The van der Waals surface area contributed by atoms with Gasteiger partial charge in [0.15, 0.2) is 0 Å². The third-order valence-electron chi connectivity index (χ3n) is 9.28. The Morgan fingerprint density at radius 2 is 1.04 bits per heavy atom. The minimum atomic E-state index is -0.908. The molecule has 45 heavy (non-hydrogen) atoms. The number of allylic oxidation sites excluding steroid dienone is 2. The van der Waals surface area contributed by atoms with E-state index in [9.17, 15) is 29.4 Å². The van der Waals surface area contributed by atoms with Crippen LogP contribution in [0, 0.1) is 13.8 Å². The third kappa shape index (κ3) is 6.32. The molecule has 0 atom stereocenters. The molecule has 0 radical (unpaired) electrons. The Morgan fingerprint density at radius 1 is 0.689 bits per heavy atom. The van der Waals surface area contributed by atoms with Crippen LogP contribution in [0.3, 0.4) is 0 Å². The van der Waals surface area contributed by atoms with Crippen LogP contribution in [0.5, 0.6) is 0 Å². The molecular formula is C35H44N4O6. The number of rotatable bonds is 12. The number of H-pyrrole nitrogens is 2. The summed E-state index contributed by atoms with van der Waals surface area (Å²) in [7, 11) is 0. The van der Waals surface area contributed by atoms with Crippen molar-refractivity contribution < 1.29 is 29.4 Å². The summed E-state index contributed by atoms with van der Waals surface area (Å²) in [5.41, 5.74) is 10.6. The highest BCUT2D eigenvalue weighted by Crippen LogP contribution is 2.41. The van der Waals surface area contributed by atoms with Crippen molar-refractivity contribution in [2.45, 2.75) is 99.3 Å². The number of carbonyl (C=O) groups excluding carboxylic acids is 2. The Bertz CT molecular complexity index is 1600. The number of aromatic amines is 2.